The minimum atomic E-state index is -4.28. The summed E-state index contributed by atoms with van der Waals surface area (Å²) < 4.78 is 43.8. The van der Waals surface area contributed by atoms with Crippen molar-refractivity contribution in [2.45, 2.75) is 148 Å². The zero-order valence-corrected chi connectivity index (χ0v) is 41.2. The van der Waals surface area contributed by atoms with Crippen LogP contribution in [-0.2, 0) is 21.4 Å². The molecule has 0 saturated carbocycles. The lowest BCUT2D eigenvalue weighted by Gasteiger charge is -2.19. The molecule has 5 aromatic rings. The van der Waals surface area contributed by atoms with Gasteiger partial charge in [0.25, 0.3) is 27.7 Å². The molecule has 3 aromatic carbocycles. The van der Waals surface area contributed by atoms with E-state index in [-0.39, 0.29) is 57.7 Å². The maximum Gasteiger partial charge on any atom is 0.335 e. The van der Waals surface area contributed by atoms with Crippen molar-refractivity contribution < 1.29 is 32.6 Å². The summed E-state index contributed by atoms with van der Waals surface area (Å²) in [5.41, 5.74) is 0.436. The first-order valence-corrected chi connectivity index (χ1v) is 26.1. The number of benzene rings is 3. The number of sulfonamides is 1. The number of halogens is 1. The third-order valence-electron chi connectivity index (χ3n) is 11.5. The molecule has 5 rings (SSSR count). The number of anilines is 2. The van der Waals surface area contributed by atoms with Crippen LogP contribution in [0.2, 0.25) is 5.02 Å². The molecule has 0 spiro atoms. The third-order valence-corrected chi connectivity index (χ3v) is 14.2. The van der Waals surface area contributed by atoms with E-state index >= 15 is 0 Å². The summed E-state index contributed by atoms with van der Waals surface area (Å²) in [6, 6.07) is 17.3. The predicted octanol–water partition coefficient (Wildman–Crippen LogP) is 12.0. The number of Topliss-reactive ketones (excluding diaryl/α,β-unsaturated/α-hetero) is 1. The van der Waals surface area contributed by atoms with Crippen LogP contribution in [-0.4, -0.2) is 52.5 Å². The molecular weight excluding hydrogens is 898 g/mol. The molecule has 13 nitrogen and oxygen atoms in total. The monoisotopic (exact) mass is 963 g/mol. The molecule has 1 atom stereocenters. The number of hydrogen-bond acceptors (Lipinski definition) is 10. The number of thiazole rings is 1. The molecule has 0 saturated heterocycles. The Balaban J connectivity index is 1.35. The molecule has 2 aromatic heterocycles. The number of rotatable bonds is 30. The summed E-state index contributed by atoms with van der Waals surface area (Å²) in [5, 5.41) is 14.5. The molecule has 2 heterocycles. The predicted molar refractivity (Wildman–Crippen MR) is 264 cm³/mol. The van der Waals surface area contributed by atoms with Crippen LogP contribution in [0.5, 0.6) is 17.5 Å². The molecule has 16 heteroatoms. The molecule has 1 amide bonds. The number of aryl methyl sites for hydroxylation is 2. The van der Waals surface area contributed by atoms with Crippen LogP contribution < -0.4 is 25.2 Å². The van der Waals surface area contributed by atoms with Crippen molar-refractivity contribution >= 4 is 56.0 Å². The average molecular weight is 965 g/mol. The van der Waals surface area contributed by atoms with Crippen LogP contribution >= 0.6 is 22.9 Å². The summed E-state index contributed by atoms with van der Waals surface area (Å²) in [6.07, 6.45) is 19.5. The van der Waals surface area contributed by atoms with Gasteiger partial charge in [0.05, 0.1) is 46.7 Å². The Hall–Kier alpha value is -5.12. The lowest BCUT2D eigenvalue weighted by molar-refractivity contribution is -0.118. The largest absolute Gasteiger partial charge is 0.491 e. The third kappa shape index (κ3) is 14.7. The molecule has 358 valence electrons. The Kier molecular flexibility index (Phi) is 20.6. The second-order valence-electron chi connectivity index (χ2n) is 16.6. The standard InChI is InChI=1S/C50H66ClN5O8S2/c1-5-7-8-9-10-11-12-13-14-15-16-17-18-19-20-26-33-64-43-32-31-39(66(61,62)54-41-30-25-24-29-40(41)51)34-42(43)53-46(58)44(45(57)47-52-36(3)37(4)65-47)56-48(59)49(63-6-2)55(50(56)60)35-38-27-22-21-23-28-38/h21-25,27-32,34,44,54,59H,5-20,26,33,35H2,1-4H3,(H,53,58). The van der Waals surface area contributed by atoms with Gasteiger partial charge in [0.1, 0.15) is 5.75 Å². The highest BCUT2D eigenvalue weighted by molar-refractivity contribution is 7.92. The number of carbonyl (C=O) groups excluding carboxylic acids is 2. The number of para-hydroxylation sites is 1. The Morgan fingerprint density at radius 3 is 1.95 bits per heavy atom. The zero-order chi connectivity index (χ0) is 47.5. The van der Waals surface area contributed by atoms with Gasteiger partial charge in [-0.05, 0) is 63.1 Å². The Morgan fingerprint density at radius 1 is 0.788 bits per heavy atom. The first kappa shape index (κ1) is 51.9. The van der Waals surface area contributed by atoms with Crippen LogP contribution in [0, 0.1) is 13.8 Å². The molecule has 0 aliphatic heterocycles. The van der Waals surface area contributed by atoms with Gasteiger partial charge in [-0.25, -0.2) is 22.8 Å². The van der Waals surface area contributed by atoms with Crippen molar-refractivity contribution in [2.75, 3.05) is 23.3 Å². The van der Waals surface area contributed by atoms with Gasteiger partial charge in [0.2, 0.25) is 5.78 Å². The van der Waals surface area contributed by atoms with Gasteiger partial charge in [0.15, 0.2) is 11.0 Å². The number of imidazole rings is 1. The molecule has 1 unspecified atom stereocenters. The number of ether oxygens (including phenoxy) is 2. The quantitative estimate of drug-likeness (QED) is 0.0230. The molecule has 3 N–H and O–H groups in total. The lowest BCUT2D eigenvalue weighted by Crippen LogP contribution is -2.39. The number of aromatic nitrogens is 3. The van der Waals surface area contributed by atoms with Gasteiger partial charge in [-0.1, -0.05) is 157 Å². The average Bonchev–Trinajstić information content (AvgIpc) is 3.75. The van der Waals surface area contributed by atoms with Crippen molar-refractivity contribution in [3.8, 4) is 17.5 Å². The van der Waals surface area contributed by atoms with E-state index in [9.17, 15) is 27.9 Å². The number of ketones is 1. The van der Waals surface area contributed by atoms with Crippen molar-refractivity contribution in [2.24, 2.45) is 0 Å². The first-order chi connectivity index (χ1) is 31.9. The first-order valence-electron chi connectivity index (χ1n) is 23.4. The highest BCUT2D eigenvalue weighted by Gasteiger charge is 2.38. The summed E-state index contributed by atoms with van der Waals surface area (Å²) in [5.74, 6) is -2.75. The van der Waals surface area contributed by atoms with Crippen molar-refractivity contribution in [1.82, 2.24) is 14.1 Å². The number of aromatic hydroxyl groups is 1. The van der Waals surface area contributed by atoms with Gasteiger partial charge in [-0.2, -0.15) is 0 Å². The van der Waals surface area contributed by atoms with Gasteiger partial charge >= 0.3 is 5.69 Å². The summed E-state index contributed by atoms with van der Waals surface area (Å²) in [6.45, 7) is 7.71. The van der Waals surface area contributed by atoms with E-state index in [1.165, 1.54) is 101 Å². The van der Waals surface area contributed by atoms with E-state index < -0.39 is 39.3 Å². The minimum absolute atomic E-state index is 0.0384. The van der Waals surface area contributed by atoms with Crippen molar-refractivity contribution in [3.63, 3.8) is 0 Å². The molecule has 0 aliphatic rings. The van der Waals surface area contributed by atoms with Crippen LogP contribution in [0.25, 0.3) is 0 Å². The van der Waals surface area contributed by atoms with E-state index in [2.05, 4.69) is 21.9 Å². The van der Waals surface area contributed by atoms with E-state index in [1.54, 1.807) is 63.2 Å². The second kappa shape index (κ2) is 26.3. The molecule has 0 bridgehead atoms. The number of amides is 1. The molecule has 0 fully saturated rings. The van der Waals surface area contributed by atoms with Crippen LogP contribution in [0.4, 0.5) is 11.4 Å². The number of nitrogens with one attached hydrogen (secondary N) is 2. The fourth-order valence-electron chi connectivity index (χ4n) is 7.68. The Morgan fingerprint density at radius 2 is 1.38 bits per heavy atom. The van der Waals surface area contributed by atoms with Crippen LogP contribution in [0.3, 0.4) is 0 Å². The van der Waals surface area contributed by atoms with Crippen molar-refractivity contribution in [1.29, 1.82) is 0 Å². The van der Waals surface area contributed by atoms with E-state index in [0.29, 0.717) is 22.2 Å². The summed E-state index contributed by atoms with van der Waals surface area (Å²) >= 11 is 7.34. The number of nitrogens with zero attached hydrogens (tertiary/aromatic N) is 3. The van der Waals surface area contributed by atoms with Gasteiger partial charge in [-0.3, -0.25) is 18.9 Å². The van der Waals surface area contributed by atoms with E-state index in [0.717, 1.165) is 40.0 Å². The molecule has 0 radical (unpaired) electrons. The van der Waals surface area contributed by atoms with Gasteiger partial charge in [-0.15, -0.1) is 11.3 Å². The Bertz CT molecular complexity index is 2480. The smallest absolute Gasteiger partial charge is 0.335 e. The maximum atomic E-state index is 14.7. The maximum absolute atomic E-state index is 14.7. The molecule has 0 aliphatic carbocycles. The number of hydrogen-bond donors (Lipinski definition) is 3. The fraction of sp³-hybridized carbons (Fsp3) is 0.480. The fourth-order valence-corrected chi connectivity index (χ4v) is 9.90. The van der Waals surface area contributed by atoms with Crippen molar-refractivity contribution in [3.05, 3.63) is 109 Å². The summed E-state index contributed by atoms with van der Waals surface area (Å²) in [4.78, 5) is 48.4. The molecular formula is C50H66ClN5O8S2. The van der Waals surface area contributed by atoms with Crippen LogP contribution in [0.1, 0.15) is 149 Å². The number of unbranched alkanes of at least 4 members (excludes halogenated alkanes) is 15. The topological polar surface area (TPSA) is 171 Å². The highest BCUT2D eigenvalue weighted by Crippen LogP contribution is 2.35. The molecule has 66 heavy (non-hydrogen) atoms. The highest BCUT2D eigenvalue weighted by atomic mass is 35.5. The normalized spacial score (nSPS) is 12.0. The second-order valence-corrected chi connectivity index (χ2v) is 19.9. The minimum Gasteiger partial charge on any atom is -0.491 e. The zero-order valence-electron chi connectivity index (χ0n) is 38.8. The lowest BCUT2D eigenvalue weighted by atomic mass is 10.0. The van der Waals surface area contributed by atoms with Gasteiger partial charge in [0, 0.05) is 4.88 Å². The van der Waals surface area contributed by atoms with Crippen LogP contribution in [0.15, 0.2) is 82.5 Å². The summed E-state index contributed by atoms with van der Waals surface area (Å²) in [7, 11) is -4.28. The SMILES string of the molecule is CCCCCCCCCCCCCCCCCCOc1ccc(S(=O)(=O)Nc2ccccc2Cl)cc1NC(=O)C(C(=O)c1nc(C)c(C)s1)n1c(O)c(OCC)n(Cc2ccccc2)c1=O. The Labute approximate surface area is 399 Å². The van der Waals surface area contributed by atoms with E-state index in [4.69, 9.17) is 21.1 Å². The number of carbonyl (C=O) groups is 2. The van der Waals surface area contributed by atoms with Gasteiger partial charge < -0.3 is 19.9 Å². The van der Waals surface area contributed by atoms with E-state index in [1.807, 2.05) is 6.07 Å².